The molecule has 1 aliphatic carbocycles. The number of ether oxygens (including phenoxy) is 1. The zero-order valence-electron chi connectivity index (χ0n) is 25.5. The van der Waals surface area contributed by atoms with Crippen LogP contribution >= 0.6 is 0 Å². The van der Waals surface area contributed by atoms with Gasteiger partial charge in [0, 0.05) is 18.8 Å². The van der Waals surface area contributed by atoms with E-state index in [1.54, 1.807) is 0 Å². The molecule has 2 aliphatic rings. The van der Waals surface area contributed by atoms with Crippen LogP contribution in [0.1, 0.15) is 66.6 Å². The molecule has 0 radical (unpaired) electrons. The van der Waals surface area contributed by atoms with Gasteiger partial charge in [-0.15, -0.1) is 0 Å². The number of aryl methyl sites for hydroxylation is 1. The highest BCUT2D eigenvalue weighted by molar-refractivity contribution is 5.83. The second-order valence-corrected chi connectivity index (χ2v) is 12.3. The highest BCUT2D eigenvalue weighted by Crippen LogP contribution is 2.43. The van der Waals surface area contributed by atoms with Crippen LogP contribution in [-0.2, 0) is 21.5 Å². The predicted octanol–water partition coefficient (Wildman–Crippen LogP) is 6.47. The minimum atomic E-state index is -0.907. The van der Waals surface area contributed by atoms with E-state index in [1.165, 1.54) is 12.8 Å². The van der Waals surface area contributed by atoms with Crippen LogP contribution in [0.25, 0.3) is 0 Å². The molecule has 1 saturated carbocycles. The third-order valence-electron chi connectivity index (χ3n) is 9.60. The summed E-state index contributed by atoms with van der Waals surface area (Å²) in [6.07, 6.45) is 6.54. The van der Waals surface area contributed by atoms with Crippen molar-refractivity contribution < 1.29 is 14.3 Å². The van der Waals surface area contributed by atoms with Gasteiger partial charge in [0.15, 0.2) is 6.10 Å². The molecule has 2 amide bonds. The van der Waals surface area contributed by atoms with Crippen molar-refractivity contribution in [3.8, 4) is 0 Å². The molecule has 1 unspecified atom stereocenters. The zero-order valence-corrected chi connectivity index (χ0v) is 25.5. The van der Waals surface area contributed by atoms with Crippen LogP contribution in [0.4, 0.5) is 4.79 Å². The van der Waals surface area contributed by atoms with Crippen LogP contribution in [0.5, 0.6) is 0 Å². The summed E-state index contributed by atoms with van der Waals surface area (Å²) >= 11 is 0. The maximum Gasteiger partial charge on any atom is 0.405 e. The van der Waals surface area contributed by atoms with Crippen molar-refractivity contribution in [2.24, 2.45) is 17.6 Å². The summed E-state index contributed by atoms with van der Waals surface area (Å²) in [7, 11) is 0. The fourth-order valence-electron chi connectivity index (χ4n) is 7.18. The second-order valence-electron chi connectivity index (χ2n) is 12.3. The molecule has 3 aromatic carbocycles. The molecule has 2 heterocycles. The number of rotatable bonds is 11. The van der Waals surface area contributed by atoms with E-state index in [0.29, 0.717) is 19.3 Å². The standard InChI is InChI=1S/C37H42N4O3/c1-27-33(18-11-19-34(44-36(38)43)35(42)40-24-22-29(23-25-40)28-20-21-28)39-26-41(27)37(30-12-5-2-6-13-30,31-14-7-3-8-15-31)32-16-9-4-10-17-32/h2-10,12-17,26,28-29,34H,11,18-25H2,1H3,(H2,38,43). The van der Waals surface area contributed by atoms with Gasteiger partial charge in [-0.3, -0.25) is 4.79 Å². The van der Waals surface area contributed by atoms with Crippen molar-refractivity contribution in [3.05, 3.63) is 125 Å². The number of benzene rings is 3. The van der Waals surface area contributed by atoms with Gasteiger partial charge in [-0.25, -0.2) is 9.78 Å². The summed E-state index contributed by atoms with van der Waals surface area (Å²) in [5.41, 5.74) is 10.2. The lowest BCUT2D eigenvalue weighted by molar-refractivity contribution is -0.142. The second kappa shape index (κ2) is 13.1. The van der Waals surface area contributed by atoms with Gasteiger partial charge < -0.3 is 19.9 Å². The van der Waals surface area contributed by atoms with Gasteiger partial charge in [0.1, 0.15) is 5.54 Å². The number of imidazole rings is 1. The van der Waals surface area contributed by atoms with Crippen molar-refractivity contribution in [2.75, 3.05) is 13.1 Å². The fourth-order valence-corrected chi connectivity index (χ4v) is 7.18. The Hall–Kier alpha value is -4.39. The van der Waals surface area contributed by atoms with Crippen molar-refractivity contribution in [1.82, 2.24) is 14.5 Å². The summed E-state index contributed by atoms with van der Waals surface area (Å²) in [4.78, 5) is 32.0. The van der Waals surface area contributed by atoms with E-state index in [-0.39, 0.29) is 5.91 Å². The van der Waals surface area contributed by atoms with Gasteiger partial charge in [-0.05, 0) is 80.4 Å². The molecule has 44 heavy (non-hydrogen) atoms. The van der Waals surface area contributed by atoms with E-state index in [2.05, 4.69) is 84.3 Å². The molecule has 4 aromatic rings. The summed E-state index contributed by atoms with van der Waals surface area (Å²) in [5.74, 6) is 1.44. The summed E-state index contributed by atoms with van der Waals surface area (Å²) in [6.45, 7) is 3.56. The number of nitrogens with two attached hydrogens (primary N) is 1. The first-order valence-electron chi connectivity index (χ1n) is 15.9. The normalized spacial score (nSPS) is 16.4. The first-order chi connectivity index (χ1) is 21.5. The summed E-state index contributed by atoms with van der Waals surface area (Å²) < 4.78 is 7.65. The molecule has 7 nitrogen and oxygen atoms in total. The van der Waals surface area contributed by atoms with Crippen LogP contribution in [0.2, 0.25) is 0 Å². The van der Waals surface area contributed by atoms with Gasteiger partial charge in [-0.2, -0.15) is 0 Å². The van der Waals surface area contributed by atoms with E-state index < -0.39 is 17.7 Å². The molecule has 1 aromatic heterocycles. The molecule has 0 bridgehead atoms. The predicted molar refractivity (Wildman–Crippen MR) is 171 cm³/mol. The Balaban J connectivity index is 1.25. The highest BCUT2D eigenvalue weighted by Gasteiger charge is 2.40. The minimum absolute atomic E-state index is 0.128. The molecule has 1 aliphatic heterocycles. The minimum Gasteiger partial charge on any atom is -0.436 e. The van der Waals surface area contributed by atoms with Crippen LogP contribution in [0, 0.1) is 18.8 Å². The maximum absolute atomic E-state index is 13.4. The third-order valence-corrected chi connectivity index (χ3v) is 9.60. The number of nitrogens with zero attached hydrogens (tertiary/aromatic N) is 3. The Morgan fingerprint density at radius 1 is 0.841 bits per heavy atom. The fraction of sp³-hybridized carbons (Fsp3) is 0.378. The Morgan fingerprint density at radius 3 is 1.82 bits per heavy atom. The van der Waals surface area contributed by atoms with Crippen molar-refractivity contribution in [3.63, 3.8) is 0 Å². The highest BCUT2D eigenvalue weighted by atomic mass is 16.6. The molecule has 2 N–H and O–H groups in total. The number of likely N-dealkylation sites (tertiary alicyclic amines) is 1. The number of hydrogen-bond donors (Lipinski definition) is 1. The van der Waals surface area contributed by atoms with E-state index in [9.17, 15) is 9.59 Å². The molecule has 6 rings (SSSR count). The summed E-state index contributed by atoms with van der Waals surface area (Å²) in [5, 5.41) is 0. The number of hydrogen-bond acceptors (Lipinski definition) is 4. The van der Waals surface area contributed by atoms with E-state index in [4.69, 9.17) is 15.5 Å². The van der Waals surface area contributed by atoms with Gasteiger partial charge in [0.05, 0.1) is 12.0 Å². The van der Waals surface area contributed by atoms with Crippen molar-refractivity contribution in [2.45, 2.75) is 63.5 Å². The van der Waals surface area contributed by atoms with Crippen LogP contribution < -0.4 is 5.73 Å². The van der Waals surface area contributed by atoms with Gasteiger partial charge in [0.2, 0.25) is 0 Å². The molecule has 1 atom stereocenters. The Kier molecular flexibility index (Phi) is 8.82. The lowest BCUT2D eigenvalue weighted by atomic mass is 9.76. The number of aromatic nitrogens is 2. The molecular weight excluding hydrogens is 548 g/mol. The lowest BCUT2D eigenvalue weighted by Crippen LogP contribution is -2.46. The topological polar surface area (TPSA) is 90.4 Å². The Morgan fingerprint density at radius 2 is 1.34 bits per heavy atom. The molecule has 1 saturated heterocycles. The van der Waals surface area contributed by atoms with Crippen molar-refractivity contribution >= 4 is 12.0 Å². The average Bonchev–Trinajstić information content (AvgIpc) is 3.86. The largest absolute Gasteiger partial charge is 0.436 e. The third kappa shape index (κ3) is 6.01. The van der Waals surface area contributed by atoms with E-state index >= 15 is 0 Å². The van der Waals surface area contributed by atoms with Gasteiger partial charge >= 0.3 is 6.09 Å². The molecule has 228 valence electrons. The average molecular weight is 591 g/mol. The first kappa shape index (κ1) is 29.7. The maximum atomic E-state index is 13.4. The molecule has 0 spiro atoms. The van der Waals surface area contributed by atoms with E-state index in [1.807, 2.05) is 29.4 Å². The number of carbonyl (C=O) groups excluding carboxylic acids is 2. The monoisotopic (exact) mass is 590 g/mol. The quantitative estimate of drug-likeness (QED) is 0.203. The van der Waals surface area contributed by atoms with E-state index in [0.717, 1.165) is 65.8 Å². The zero-order chi connectivity index (χ0) is 30.5. The van der Waals surface area contributed by atoms with Crippen molar-refractivity contribution in [1.29, 1.82) is 0 Å². The van der Waals surface area contributed by atoms with Crippen LogP contribution in [0.15, 0.2) is 97.3 Å². The Labute approximate surface area is 260 Å². The molecule has 7 heteroatoms. The van der Waals surface area contributed by atoms with Crippen LogP contribution in [0.3, 0.4) is 0 Å². The first-order valence-corrected chi connectivity index (χ1v) is 15.9. The number of primary amides is 1. The Bertz CT molecular complexity index is 1440. The van der Waals surface area contributed by atoms with Crippen LogP contribution in [-0.4, -0.2) is 45.6 Å². The molecular formula is C37H42N4O3. The number of piperidine rings is 1. The SMILES string of the molecule is Cc1c(CCCC(OC(N)=O)C(=O)N2CCC(C3CC3)CC2)ncn1C(c1ccccc1)(c1ccccc1)c1ccccc1. The number of carbonyl (C=O) groups is 2. The lowest BCUT2D eigenvalue weighted by Gasteiger charge is -2.38. The smallest absolute Gasteiger partial charge is 0.405 e. The molecule has 2 fully saturated rings. The van der Waals surface area contributed by atoms with Gasteiger partial charge in [0.25, 0.3) is 5.91 Å². The summed E-state index contributed by atoms with van der Waals surface area (Å²) in [6, 6.07) is 31.6. The number of amides is 2. The van der Waals surface area contributed by atoms with Gasteiger partial charge in [-0.1, -0.05) is 91.0 Å².